The van der Waals surface area contributed by atoms with E-state index in [0.29, 0.717) is 18.1 Å². The minimum Gasteiger partial charge on any atom is -0.354 e. The van der Waals surface area contributed by atoms with Gasteiger partial charge in [-0.15, -0.1) is 0 Å². The summed E-state index contributed by atoms with van der Waals surface area (Å²) in [6.07, 6.45) is 5.37. The summed E-state index contributed by atoms with van der Waals surface area (Å²) in [7, 11) is 0. The molecule has 0 aromatic carbocycles. The van der Waals surface area contributed by atoms with Gasteiger partial charge in [0.1, 0.15) is 0 Å². The number of nitrogens with one attached hydrogen (secondary N) is 1. The SMILES string of the molecule is CC(C)N=C(NC(C)C)N1CCC[C@H]1CN1CCCC1. The van der Waals surface area contributed by atoms with Crippen molar-refractivity contribution in [3.05, 3.63) is 0 Å². The van der Waals surface area contributed by atoms with E-state index >= 15 is 0 Å². The van der Waals surface area contributed by atoms with E-state index in [-0.39, 0.29) is 0 Å². The number of nitrogens with zero attached hydrogens (tertiary/aromatic N) is 3. The standard InChI is InChI=1S/C16H32N4/c1-13(2)17-16(18-14(3)4)20-11-7-8-15(20)12-19-9-5-6-10-19/h13-15H,5-12H2,1-4H3,(H,17,18)/t15-/m0/s1. The van der Waals surface area contributed by atoms with Crippen LogP contribution in [0.4, 0.5) is 0 Å². The van der Waals surface area contributed by atoms with Crippen LogP contribution in [0.25, 0.3) is 0 Å². The quantitative estimate of drug-likeness (QED) is 0.633. The molecule has 0 amide bonds. The number of aliphatic imine (C=N–C) groups is 1. The lowest BCUT2D eigenvalue weighted by Gasteiger charge is -2.32. The number of hydrogen-bond acceptors (Lipinski definition) is 2. The molecule has 1 atom stereocenters. The summed E-state index contributed by atoms with van der Waals surface area (Å²) < 4.78 is 0. The highest BCUT2D eigenvalue weighted by Crippen LogP contribution is 2.20. The molecule has 2 heterocycles. The van der Waals surface area contributed by atoms with Crippen LogP contribution in [-0.4, -0.2) is 60.1 Å². The fourth-order valence-electron chi connectivity index (χ4n) is 3.26. The zero-order valence-electron chi connectivity index (χ0n) is 13.7. The number of guanidine groups is 1. The van der Waals surface area contributed by atoms with E-state index in [4.69, 9.17) is 4.99 Å². The molecular formula is C16H32N4. The van der Waals surface area contributed by atoms with Gasteiger partial charge in [0.2, 0.25) is 0 Å². The van der Waals surface area contributed by atoms with Crippen LogP contribution in [0.3, 0.4) is 0 Å². The van der Waals surface area contributed by atoms with Crippen LogP contribution in [0.2, 0.25) is 0 Å². The first-order valence-electron chi connectivity index (χ1n) is 8.39. The zero-order valence-corrected chi connectivity index (χ0v) is 13.7. The van der Waals surface area contributed by atoms with Crippen LogP contribution in [0.5, 0.6) is 0 Å². The molecular weight excluding hydrogens is 248 g/mol. The first-order chi connectivity index (χ1) is 9.56. The average Bonchev–Trinajstić information content (AvgIpc) is 2.98. The second-order valence-corrected chi connectivity index (χ2v) is 6.84. The van der Waals surface area contributed by atoms with Gasteiger partial charge in [-0.2, -0.15) is 0 Å². The summed E-state index contributed by atoms with van der Waals surface area (Å²) in [5, 5.41) is 3.57. The van der Waals surface area contributed by atoms with E-state index in [1.165, 1.54) is 45.3 Å². The molecule has 2 aliphatic heterocycles. The van der Waals surface area contributed by atoms with Gasteiger partial charge in [0, 0.05) is 31.2 Å². The van der Waals surface area contributed by atoms with Gasteiger partial charge in [-0.3, -0.25) is 4.99 Å². The van der Waals surface area contributed by atoms with Crippen LogP contribution in [0.15, 0.2) is 4.99 Å². The molecule has 4 heteroatoms. The molecule has 0 aromatic heterocycles. The van der Waals surface area contributed by atoms with Gasteiger partial charge in [-0.25, -0.2) is 0 Å². The van der Waals surface area contributed by atoms with Gasteiger partial charge in [0.15, 0.2) is 5.96 Å². The normalized spacial score (nSPS) is 25.2. The molecule has 0 unspecified atom stereocenters. The van der Waals surface area contributed by atoms with Gasteiger partial charge in [0.25, 0.3) is 0 Å². The van der Waals surface area contributed by atoms with Crippen LogP contribution in [0.1, 0.15) is 53.4 Å². The highest BCUT2D eigenvalue weighted by Gasteiger charge is 2.30. The lowest BCUT2D eigenvalue weighted by Crippen LogP contribution is -2.50. The molecule has 0 aliphatic carbocycles. The highest BCUT2D eigenvalue weighted by molar-refractivity contribution is 5.81. The number of likely N-dealkylation sites (tertiary alicyclic amines) is 2. The van der Waals surface area contributed by atoms with Gasteiger partial charge in [-0.1, -0.05) is 0 Å². The van der Waals surface area contributed by atoms with Crippen molar-refractivity contribution in [3.8, 4) is 0 Å². The van der Waals surface area contributed by atoms with E-state index in [9.17, 15) is 0 Å². The Balaban J connectivity index is 2.01. The Morgan fingerprint density at radius 2 is 1.80 bits per heavy atom. The number of hydrogen-bond donors (Lipinski definition) is 1. The van der Waals surface area contributed by atoms with Crippen molar-refractivity contribution >= 4 is 5.96 Å². The molecule has 0 spiro atoms. The van der Waals surface area contributed by atoms with Crippen molar-refractivity contribution in [2.24, 2.45) is 4.99 Å². The minimum absolute atomic E-state index is 0.351. The predicted molar refractivity (Wildman–Crippen MR) is 86.2 cm³/mol. The van der Waals surface area contributed by atoms with E-state index in [1.54, 1.807) is 0 Å². The van der Waals surface area contributed by atoms with Crippen LogP contribution in [0, 0.1) is 0 Å². The van der Waals surface area contributed by atoms with Crippen LogP contribution < -0.4 is 5.32 Å². The third-order valence-electron chi connectivity index (χ3n) is 4.12. The Bertz CT molecular complexity index is 318. The van der Waals surface area contributed by atoms with Crippen molar-refractivity contribution < 1.29 is 0 Å². The number of rotatable bonds is 4. The lowest BCUT2D eigenvalue weighted by molar-refractivity contribution is 0.247. The molecule has 0 radical (unpaired) electrons. The van der Waals surface area contributed by atoms with E-state index in [1.807, 2.05) is 0 Å². The van der Waals surface area contributed by atoms with E-state index < -0.39 is 0 Å². The Kier molecular flexibility index (Phi) is 5.70. The Hall–Kier alpha value is -0.770. The molecule has 20 heavy (non-hydrogen) atoms. The molecule has 0 aromatic rings. The second kappa shape index (κ2) is 7.30. The Morgan fingerprint density at radius 3 is 2.40 bits per heavy atom. The smallest absolute Gasteiger partial charge is 0.194 e. The second-order valence-electron chi connectivity index (χ2n) is 6.84. The molecule has 0 saturated carbocycles. The molecule has 4 nitrogen and oxygen atoms in total. The summed E-state index contributed by atoms with van der Waals surface area (Å²) >= 11 is 0. The maximum Gasteiger partial charge on any atom is 0.194 e. The highest BCUT2D eigenvalue weighted by atomic mass is 15.3. The summed E-state index contributed by atoms with van der Waals surface area (Å²) in [6.45, 7) is 13.7. The predicted octanol–water partition coefficient (Wildman–Crippen LogP) is 2.31. The monoisotopic (exact) mass is 280 g/mol. The molecule has 2 aliphatic rings. The first kappa shape index (κ1) is 15.6. The lowest BCUT2D eigenvalue weighted by atomic mass is 10.2. The molecule has 2 fully saturated rings. The Labute approximate surface area is 124 Å². The maximum absolute atomic E-state index is 4.84. The minimum atomic E-state index is 0.351. The molecule has 116 valence electrons. The van der Waals surface area contributed by atoms with Gasteiger partial charge >= 0.3 is 0 Å². The zero-order chi connectivity index (χ0) is 14.5. The van der Waals surface area contributed by atoms with Gasteiger partial charge < -0.3 is 15.1 Å². The van der Waals surface area contributed by atoms with E-state index in [0.717, 1.165) is 12.5 Å². The van der Waals surface area contributed by atoms with Crippen molar-refractivity contribution in [2.75, 3.05) is 26.2 Å². The van der Waals surface area contributed by atoms with Crippen LogP contribution >= 0.6 is 0 Å². The third-order valence-corrected chi connectivity index (χ3v) is 4.12. The van der Waals surface area contributed by atoms with Crippen LogP contribution in [-0.2, 0) is 0 Å². The van der Waals surface area contributed by atoms with Crippen molar-refractivity contribution in [1.29, 1.82) is 0 Å². The first-order valence-corrected chi connectivity index (χ1v) is 8.39. The van der Waals surface area contributed by atoms with E-state index in [2.05, 4.69) is 42.8 Å². The average molecular weight is 280 g/mol. The van der Waals surface area contributed by atoms with Crippen molar-refractivity contribution in [3.63, 3.8) is 0 Å². The fourth-order valence-corrected chi connectivity index (χ4v) is 3.26. The summed E-state index contributed by atoms with van der Waals surface area (Å²) in [5.41, 5.74) is 0. The fraction of sp³-hybridized carbons (Fsp3) is 0.938. The largest absolute Gasteiger partial charge is 0.354 e. The summed E-state index contributed by atoms with van der Waals surface area (Å²) in [6, 6.07) is 1.45. The molecule has 2 rings (SSSR count). The molecule has 2 saturated heterocycles. The summed E-state index contributed by atoms with van der Waals surface area (Å²) in [4.78, 5) is 9.99. The van der Waals surface area contributed by atoms with Crippen molar-refractivity contribution in [2.45, 2.75) is 71.5 Å². The van der Waals surface area contributed by atoms with Gasteiger partial charge in [-0.05, 0) is 66.5 Å². The maximum atomic E-state index is 4.84. The summed E-state index contributed by atoms with van der Waals surface area (Å²) in [5.74, 6) is 1.12. The third kappa shape index (κ3) is 4.37. The Morgan fingerprint density at radius 1 is 1.10 bits per heavy atom. The van der Waals surface area contributed by atoms with Gasteiger partial charge in [0.05, 0.1) is 0 Å². The molecule has 0 bridgehead atoms. The molecule has 1 N–H and O–H groups in total. The van der Waals surface area contributed by atoms with Crippen molar-refractivity contribution in [1.82, 2.24) is 15.1 Å². The topological polar surface area (TPSA) is 30.9 Å².